The molecule has 0 saturated heterocycles. The van der Waals surface area contributed by atoms with Gasteiger partial charge < -0.3 is 9.67 Å². The number of benzene rings is 1. The summed E-state index contributed by atoms with van der Waals surface area (Å²) in [5, 5.41) is 13.0. The molecule has 0 atom stereocenters. The second-order valence-electron chi connectivity index (χ2n) is 3.92. The zero-order valence-electron chi connectivity index (χ0n) is 9.41. The molecule has 0 fully saturated rings. The Balaban J connectivity index is 2.26. The number of nitrogens with zero attached hydrogens (tertiary/aromatic N) is 2. The van der Waals surface area contributed by atoms with Crippen LogP contribution < -0.4 is 0 Å². The number of fused-ring (bicyclic) bond motifs is 1. The maximum atomic E-state index is 11.0. The lowest BCUT2D eigenvalue weighted by Crippen LogP contribution is -2.09. The van der Waals surface area contributed by atoms with Crippen molar-refractivity contribution in [1.82, 2.24) is 9.55 Å². The zero-order chi connectivity index (χ0) is 12.5. The first kappa shape index (κ1) is 11.0. The summed E-state index contributed by atoms with van der Waals surface area (Å²) >= 11 is 1.57. The van der Waals surface area contributed by atoms with Crippen molar-refractivity contribution >= 4 is 28.3 Å². The van der Waals surface area contributed by atoms with E-state index < -0.39 is 5.97 Å². The summed E-state index contributed by atoms with van der Waals surface area (Å²) in [5.74, 6) is -0.158. The lowest BCUT2D eigenvalue weighted by atomic mass is 10.3. The van der Waals surface area contributed by atoms with Crippen LogP contribution in [0.15, 0.2) is 41.1 Å². The highest BCUT2D eigenvalue weighted by atomic mass is 32.1. The van der Waals surface area contributed by atoms with Gasteiger partial charge in [0.1, 0.15) is 12.4 Å². The SMILES string of the molecule is O=C(O)Cn1c(-c2ccsc2)nc2ccccc21. The third-order valence-electron chi connectivity index (χ3n) is 2.73. The van der Waals surface area contributed by atoms with Crippen molar-refractivity contribution in [2.75, 3.05) is 0 Å². The first-order chi connectivity index (χ1) is 8.75. The Morgan fingerprint density at radius 2 is 2.17 bits per heavy atom. The second-order valence-corrected chi connectivity index (χ2v) is 4.70. The van der Waals surface area contributed by atoms with Crippen LogP contribution in [0.5, 0.6) is 0 Å². The average Bonchev–Trinajstić information content (AvgIpc) is 2.96. The van der Waals surface area contributed by atoms with E-state index in [1.807, 2.05) is 41.1 Å². The fraction of sp³-hybridized carbons (Fsp3) is 0.0769. The molecule has 4 nitrogen and oxygen atoms in total. The molecule has 1 aromatic carbocycles. The molecule has 3 rings (SSSR count). The Bertz CT molecular complexity index is 701. The van der Waals surface area contributed by atoms with Crippen LogP contribution in [0, 0.1) is 0 Å². The van der Waals surface area contributed by atoms with Crippen molar-refractivity contribution in [3.63, 3.8) is 0 Å². The highest BCUT2D eigenvalue weighted by Gasteiger charge is 2.14. The normalized spacial score (nSPS) is 10.9. The molecule has 0 aliphatic heterocycles. The van der Waals surface area contributed by atoms with E-state index in [1.165, 1.54) is 0 Å². The van der Waals surface area contributed by atoms with Crippen LogP contribution in [0.4, 0.5) is 0 Å². The van der Waals surface area contributed by atoms with Crippen molar-refractivity contribution < 1.29 is 9.90 Å². The van der Waals surface area contributed by atoms with Crippen LogP contribution in [0.1, 0.15) is 0 Å². The minimum atomic E-state index is -0.866. The molecule has 0 spiro atoms. The Hall–Kier alpha value is -2.14. The van der Waals surface area contributed by atoms with Crippen LogP contribution in [-0.2, 0) is 11.3 Å². The molecule has 3 aromatic rings. The number of carboxylic acid groups (broad SMARTS) is 1. The van der Waals surface area contributed by atoms with E-state index in [9.17, 15) is 4.79 Å². The van der Waals surface area contributed by atoms with Crippen LogP contribution in [0.3, 0.4) is 0 Å². The van der Waals surface area contributed by atoms with E-state index in [-0.39, 0.29) is 6.54 Å². The quantitative estimate of drug-likeness (QED) is 0.786. The van der Waals surface area contributed by atoms with Crippen molar-refractivity contribution in [3.05, 3.63) is 41.1 Å². The molecule has 1 N–H and O–H groups in total. The van der Waals surface area contributed by atoms with Gasteiger partial charge in [-0.15, -0.1) is 0 Å². The standard InChI is InChI=1S/C13H10N2O2S/c16-12(17)7-15-11-4-2-1-3-10(11)14-13(15)9-5-6-18-8-9/h1-6,8H,7H2,(H,16,17). The second kappa shape index (κ2) is 4.27. The number of aromatic nitrogens is 2. The van der Waals surface area contributed by atoms with Crippen molar-refractivity contribution in [1.29, 1.82) is 0 Å². The molecule has 0 amide bonds. The number of hydrogen-bond acceptors (Lipinski definition) is 3. The molecule has 90 valence electrons. The maximum Gasteiger partial charge on any atom is 0.323 e. The van der Waals surface area contributed by atoms with Gasteiger partial charge in [0.2, 0.25) is 0 Å². The maximum absolute atomic E-state index is 11.0. The van der Waals surface area contributed by atoms with E-state index in [2.05, 4.69) is 4.98 Å². The number of imidazole rings is 1. The van der Waals surface area contributed by atoms with Gasteiger partial charge in [0.25, 0.3) is 0 Å². The minimum absolute atomic E-state index is 0.0777. The third-order valence-corrected chi connectivity index (χ3v) is 3.41. The molecular formula is C13H10N2O2S. The molecule has 5 heteroatoms. The predicted molar refractivity (Wildman–Crippen MR) is 70.7 cm³/mol. The van der Waals surface area contributed by atoms with Crippen LogP contribution in [-0.4, -0.2) is 20.6 Å². The fourth-order valence-electron chi connectivity index (χ4n) is 1.98. The van der Waals surface area contributed by atoms with Crippen LogP contribution in [0.25, 0.3) is 22.4 Å². The number of carboxylic acids is 1. The van der Waals surface area contributed by atoms with Crippen molar-refractivity contribution in [2.45, 2.75) is 6.54 Å². The Labute approximate surface area is 107 Å². The zero-order valence-corrected chi connectivity index (χ0v) is 10.2. The molecule has 0 radical (unpaired) electrons. The van der Waals surface area contributed by atoms with Gasteiger partial charge in [-0.2, -0.15) is 11.3 Å². The van der Waals surface area contributed by atoms with Gasteiger partial charge >= 0.3 is 5.97 Å². The summed E-state index contributed by atoms with van der Waals surface area (Å²) in [6.07, 6.45) is 0. The first-order valence-electron chi connectivity index (χ1n) is 5.45. The van der Waals surface area contributed by atoms with Crippen molar-refractivity contribution in [2.24, 2.45) is 0 Å². The van der Waals surface area contributed by atoms with Gasteiger partial charge in [-0.1, -0.05) is 12.1 Å². The van der Waals surface area contributed by atoms with E-state index in [1.54, 1.807) is 15.9 Å². The Morgan fingerprint density at radius 3 is 2.89 bits per heavy atom. The molecule has 2 heterocycles. The highest BCUT2D eigenvalue weighted by Crippen LogP contribution is 2.26. The number of hydrogen-bond donors (Lipinski definition) is 1. The van der Waals surface area contributed by atoms with E-state index in [0.717, 1.165) is 16.6 Å². The van der Waals surface area contributed by atoms with Crippen molar-refractivity contribution in [3.8, 4) is 11.4 Å². The summed E-state index contributed by atoms with van der Waals surface area (Å²) in [6, 6.07) is 9.52. The lowest BCUT2D eigenvalue weighted by molar-refractivity contribution is -0.137. The summed E-state index contributed by atoms with van der Waals surface area (Å²) in [4.78, 5) is 15.5. The van der Waals surface area contributed by atoms with Gasteiger partial charge in [0, 0.05) is 10.9 Å². The van der Waals surface area contributed by atoms with Gasteiger partial charge in [-0.3, -0.25) is 4.79 Å². The number of thiophene rings is 1. The van der Waals surface area contributed by atoms with Crippen LogP contribution >= 0.6 is 11.3 Å². The molecule has 0 unspecified atom stereocenters. The lowest BCUT2D eigenvalue weighted by Gasteiger charge is -2.04. The van der Waals surface area contributed by atoms with E-state index >= 15 is 0 Å². The molecule has 0 bridgehead atoms. The fourth-order valence-corrected chi connectivity index (χ4v) is 2.62. The summed E-state index contributed by atoms with van der Waals surface area (Å²) in [6.45, 7) is -0.0777. The number of carbonyl (C=O) groups is 1. The molecule has 0 aliphatic rings. The van der Waals surface area contributed by atoms with Crippen LogP contribution in [0.2, 0.25) is 0 Å². The topological polar surface area (TPSA) is 55.1 Å². The van der Waals surface area contributed by atoms with Gasteiger partial charge in [0.05, 0.1) is 11.0 Å². The first-order valence-corrected chi connectivity index (χ1v) is 6.39. The number of rotatable bonds is 3. The Kier molecular flexibility index (Phi) is 2.60. The monoisotopic (exact) mass is 258 g/mol. The van der Waals surface area contributed by atoms with E-state index in [0.29, 0.717) is 5.82 Å². The average molecular weight is 258 g/mol. The Morgan fingerprint density at radius 1 is 1.33 bits per heavy atom. The highest BCUT2D eigenvalue weighted by molar-refractivity contribution is 7.08. The molecular weight excluding hydrogens is 248 g/mol. The smallest absolute Gasteiger partial charge is 0.323 e. The summed E-state index contributed by atoms with van der Waals surface area (Å²) in [7, 11) is 0. The molecule has 18 heavy (non-hydrogen) atoms. The summed E-state index contributed by atoms with van der Waals surface area (Å²) < 4.78 is 1.74. The molecule has 0 aliphatic carbocycles. The van der Waals surface area contributed by atoms with Gasteiger partial charge in [-0.25, -0.2) is 4.98 Å². The molecule has 2 aromatic heterocycles. The van der Waals surface area contributed by atoms with E-state index in [4.69, 9.17) is 5.11 Å². The minimum Gasteiger partial charge on any atom is -0.480 e. The predicted octanol–water partition coefficient (Wildman–Crippen LogP) is 2.85. The number of aliphatic carboxylic acids is 1. The largest absolute Gasteiger partial charge is 0.480 e. The molecule has 0 saturated carbocycles. The van der Waals surface area contributed by atoms with Gasteiger partial charge in [0.15, 0.2) is 0 Å². The van der Waals surface area contributed by atoms with Gasteiger partial charge in [-0.05, 0) is 23.6 Å². The number of para-hydroxylation sites is 2. The third kappa shape index (κ3) is 1.78. The summed E-state index contributed by atoms with van der Waals surface area (Å²) in [5.41, 5.74) is 2.62.